The van der Waals surface area contributed by atoms with Crippen LogP contribution in [0.25, 0.3) is 11.1 Å². The van der Waals surface area contributed by atoms with Gasteiger partial charge in [0.1, 0.15) is 0 Å². The Labute approximate surface area is 183 Å². The average Bonchev–Trinajstić information content (AvgIpc) is 3.52. The van der Waals surface area contributed by atoms with Crippen molar-refractivity contribution in [2.45, 2.75) is 31.5 Å². The number of fused-ring (bicyclic) bond motifs is 1. The van der Waals surface area contributed by atoms with Gasteiger partial charge in [0.25, 0.3) is 0 Å². The highest BCUT2D eigenvalue weighted by atomic mass is 19.3. The van der Waals surface area contributed by atoms with Crippen LogP contribution in [0.4, 0.5) is 14.5 Å². The summed E-state index contributed by atoms with van der Waals surface area (Å²) in [5.74, 6) is 0.197. The number of nitrogens with zero attached hydrogens (tertiary/aromatic N) is 1. The van der Waals surface area contributed by atoms with E-state index in [1.165, 1.54) is 12.1 Å². The topological polar surface area (TPSA) is 69.7 Å². The molecule has 0 unspecified atom stereocenters. The number of nitrogens with one attached hydrogen (secondary N) is 1. The molecule has 0 radical (unpaired) electrons. The van der Waals surface area contributed by atoms with E-state index in [9.17, 15) is 13.6 Å². The van der Waals surface area contributed by atoms with E-state index in [4.69, 9.17) is 4.74 Å². The summed E-state index contributed by atoms with van der Waals surface area (Å²) in [5, 5.41) is 2.98. The monoisotopic (exact) mass is 438 g/mol. The summed E-state index contributed by atoms with van der Waals surface area (Å²) < 4.78 is 41.1. The van der Waals surface area contributed by atoms with Crippen molar-refractivity contribution in [3.05, 3.63) is 65.9 Å². The lowest BCUT2D eigenvalue weighted by molar-refractivity contribution is -0.286. The summed E-state index contributed by atoms with van der Waals surface area (Å²) in [6.45, 7) is 1.97. The summed E-state index contributed by atoms with van der Waals surface area (Å²) in [4.78, 5) is 17.5. The van der Waals surface area contributed by atoms with E-state index >= 15 is 0 Å². The molecule has 32 heavy (non-hydrogen) atoms. The van der Waals surface area contributed by atoms with Crippen molar-refractivity contribution < 1.29 is 27.8 Å². The van der Waals surface area contributed by atoms with Gasteiger partial charge >= 0.3 is 6.29 Å². The van der Waals surface area contributed by atoms with Crippen LogP contribution in [-0.4, -0.2) is 24.3 Å². The Morgan fingerprint density at radius 1 is 1.06 bits per heavy atom. The molecule has 6 nitrogen and oxygen atoms in total. The van der Waals surface area contributed by atoms with Crippen LogP contribution in [0.2, 0.25) is 0 Å². The van der Waals surface area contributed by atoms with Crippen LogP contribution in [0.15, 0.2) is 54.7 Å². The number of aromatic nitrogens is 1. The van der Waals surface area contributed by atoms with Gasteiger partial charge in [0.15, 0.2) is 11.5 Å². The standard InChI is InChI=1S/C24H20F2N2O4/c1-14-5-7-16(13-18(14)17-4-3-11-27-21(17)30-2)28-22(29)23(9-10-23)15-6-8-19-20(12-15)32-24(25,26)31-19/h3-8,11-13H,9-10H2,1-2H3,(H,28,29). The van der Waals surface area contributed by atoms with E-state index in [0.29, 0.717) is 30.0 Å². The number of hydrogen-bond acceptors (Lipinski definition) is 5. The molecule has 1 fully saturated rings. The fourth-order valence-corrected chi connectivity index (χ4v) is 4.02. The molecule has 8 heteroatoms. The Hall–Kier alpha value is -3.68. The fourth-order valence-electron chi connectivity index (χ4n) is 4.02. The van der Waals surface area contributed by atoms with E-state index in [1.807, 2.05) is 37.3 Å². The van der Waals surface area contributed by atoms with E-state index in [0.717, 1.165) is 16.7 Å². The molecular weight excluding hydrogens is 418 g/mol. The van der Waals surface area contributed by atoms with Crippen LogP contribution >= 0.6 is 0 Å². The highest BCUT2D eigenvalue weighted by Gasteiger charge is 2.52. The number of anilines is 1. The number of carbonyl (C=O) groups is 1. The Morgan fingerprint density at radius 3 is 2.59 bits per heavy atom. The smallest absolute Gasteiger partial charge is 0.481 e. The van der Waals surface area contributed by atoms with E-state index < -0.39 is 11.7 Å². The molecule has 0 spiro atoms. The second-order valence-corrected chi connectivity index (χ2v) is 7.96. The van der Waals surface area contributed by atoms with Gasteiger partial charge in [0, 0.05) is 17.4 Å². The summed E-state index contributed by atoms with van der Waals surface area (Å²) in [6, 6.07) is 13.9. The van der Waals surface area contributed by atoms with Gasteiger partial charge in [-0.3, -0.25) is 4.79 Å². The first-order chi connectivity index (χ1) is 15.3. The first-order valence-corrected chi connectivity index (χ1v) is 10.1. The van der Waals surface area contributed by atoms with Crippen molar-refractivity contribution in [3.8, 4) is 28.5 Å². The number of halogens is 2. The highest BCUT2D eigenvalue weighted by molar-refractivity contribution is 6.02. The Kier molecular flexibility index (Phi) is 4.54. The van der Waals surface area contributed by atoms with Crippen LogP contribution in [0, 0.1) is 6.92 Å². The van der Waals surface area contributed by atoms with Crippen molar-refractivity contribution in [3.63, 3.8) is 0 Å². The zero-order valence-electron chi connectivity index (χ0n) is 17.4. The number of methoxy groups -OCH3 is 1. The molecule has 0 atom stereocenters. The number of ether oxygens (including phenoxy) is 3. The summed E-state index contributed by atoms with van der Waals surface area (Å²) in [7, 11) is 1.56. The number of pyridine rings is 1. The zero-order valence-corrected chi connectivity index (χ0v) is 17.4. The van der Waals surface area contributed by atoms with Gasteiger partial charge in [-0.2, -0.15) is 0 Å². The number of hydrogen-bond donors (Lipinski definition) is 1. The molecule has 0 saturated heterocycles. The molecule has 5 rings (SSSR count). The molecule has 1 N–H and O–H groups in total. The minimum Gasteiger partial charge on any atom is -0.481 e. The van der Waals surface area contributed by atoms with Crippen LogP contribution in [0.3, 0.4) is 0 Å². The largest absolute Gasteiger partial charge is 0.586 e. The van der Waals surface area contributed by atoms with E-state index in [2.05, 4.69) is 19.8 Å². The van der Waals surface area contributed by atoms with Crippen molar-refractivity contribution in [1.82, 2.24) is 4.98 Å². The summed E-state index contributed by atoms with van der Waals surface area (Å²) in [5.41, 5.74) is 3.18. The van der Waals surface area contributed by atoms with E-state index in [-0.39, 0.29) is 17.4 Å². The van der Waals surface area contributed by atoms with Gasteiger partial charge in [-0.05, 0) is 72.9 Å². The van der Waals surface area contributed by atoms with Crippen molar-refractivity contribution in [2.24, 2.45) is 0 Å². The summed E-state index contributed by atoms with van der Waals surface area (Å²) >= 11 is 0. The maximum absolute atomic E-state index is 13.4. The molecule has 1 aliphatic heterocycles. The predicted octanol–water partition coefficient (Wildman–Crippen LogP) is 5.06. The molecule has 3 aromatic rings. The van der Waals surface area contributed by atoms with Gasteiger partial charge in [-0.15, -0.1) is 8.78 Å². The highest BCUT2D eigenvalue weighted by Crippen LogP contribution is 2.52. The van der Waals surface area contributed by atoms with Crippen LogP contribution in [0.5, 0.6) is 17.4 Å². The van der Waals surface area contributed by atoms with Gasteiger partial charge in [-0.1, -0.05) is 12.1 Å². The average molecular weight is 438 g/mol. The minimum absolute atomic E-state index is 0.0384. The van der Waals surface area contributed by atoms with Crippen LogP contribution in [0.1, 0.15) is 24.0 Å². The molecule has 2 aliphatic rings. The normalized spacial score (nSPS) is 17.0. The predicted molar refractivity (Wildman–Crippen MR) is 113 cm³/mol. The second kappa shape index (κ2) is 7.19. The van der Waals surface area contributed by atoms with Crippen LogP contribution < -0.4 is 19.5 Å². The SMILES string of the molecule is COc1ncccc1-c1cc(NC(=O)C2(c3ccc4c(c3)OC(F)(F)O4)CC2)ccc1C. The Bertz CT molecular complexity index is 1220. The minimum atomic E-state index is -3.69. The Balaban J connectivity index is 1.41. The third-order valence-electron chi connectivity index (χ3n) is 5.89. The molecule has 2 heterocycles. The molecule has 164 valence electrons. The van der Waals surface area contributed by atoms with Crippen molar-refractivity contribution >= 4 is 11.6 Å². The lowest BCUT2D eigenvalue weighted by Crippen LogP contribution is -2.28. The van der Waals surface area contributed by atoms with Crippen LogP contribution in [-0.2, 0) is 10.2 Å². The fraction of sp³-hybridized carbons (Fsp3) is 0.250. The lowest BCUT2D eigenvalue weighted by atomic mass is 9.94. The Morgan fingerprint density at radius 2 is 1.84 bits per heavy atom. The first-order valence-electron chi connectivity index (χ1n) is 10.1. The van der Waals surface area contributed by atoms with Gasteiger partial charge in [-0.25, -0.2) is 4.98 Å². The molecule has 0 bridgehead atoms. The van der Waals surface area contributed by atoms with Crippen molar-refractivity contribution in [2.75, 3.05) is 12.4 Å². The van der Waals surface area contributed by atoms with E-state index in [1.54, 1.807) is 19.4 Å². The second-order valence-electron chi connectivity index (χ2n) is 7.96. The molecule has 2 aromatic carbocycles. The van der Waals surface area contributed by atoms with Crippen molar-refractivity contribution in [1.29, 1.82) is 0 Å². The van der Waals surface area contributed by atoms with Gasteiger partial charge in [0.2, 0.25) is 11.8 Å². The molecule has 1 amide bonds. The third kappa shape index (κ3) is 3.41. The maximum Gasteiger partial charge on any atom is 0.586 e. The summed E-state index contributed by atoms with van der Waals surface area (Å²) in [6.07, 6.45) is -0.805. The lowest BCUT2D eigenvalue weighted by Gasteiger charge is -2.17. The molecule has 1 aliphatic carbocycles. The number of alkyl halides is 2. The molecule has 1 saturated carbocycles. The number of rotatable bonds is 5. The van der Waals surface area contributed by atoms with Gasteiger partial charge in [0.05, 0.1) is 12.5 Å². The first kappa shape index (κ1) is 20.2. The third-order valence-corrected chi connectivity index (χ3v) is 5.89. The number of carbonyl (C=O) groups excluding carboxylic acids is 1. The maximum atomic E-state index is 13.4. The zero-order chi connectivity index (χ0) is 22.5. The molecule has 1 aromatic heterocycles. The van der Waals surface area contributed by atoms with Gasteiger partial charge < -0.3 is 19.5 Å². The quantitative estimate of drug-likeness (QED) is 0.603. The number of amides is 1. The molecular formula is C24H20F2N2O4. The number of aryl methyl sites for hydroxylation is 1. The number of benzene rings is 2.